The van der Waals surface area contributed by atoms with Crippen LogP contribution in [-0.4, -0.2) is 12.4 Å². The first-order chi connectivity index (χ1) is 12.1. The molecule has 148 valence electrons. The van der Waals surface area contributed by atoms with Crippen molar-refractivity contribution in [3.63, 3.8) is 0 Å². The van der Waals surface area contributed by atoms with Crippen LogP contribution in [-0.2, 0) is 11.6 Å². The van der Waals surface area contributed by atoms with E-state index in [1.165, 1.54) is 0 Å². The van der Waals surface area contributed by atoms with Crippen molar-refractivity contribution in [1.29, 1.82) is 0 Å². The lowest BCUT2D eigenvalue weighted by atomic mass is 9.72. The van der Waals surface area contributed by atoms with Crippen LogP contribution in [0.1, 0.15) is 16.7 Å². The van der Waals surface area contributed by atoms with E-state index in [0.29, 0.717) is 18.2 Å². The predicted molar refractivity (Wildman–Crippen MR) is 79.6 cm³/mol. The molecule has 0 unspecified atom stereocenters. The Labute approximate surface area is 146 Å². The Morgan fingerprint density at radius 1 is 0.630 bits per heavy atom. The molecule has 0 radical (unpaired) electrons. The van der Waals surface area contributed by atoms with E-state index in [4.69, 9.17) is 11.5 Å². The fourth-order valence-electron chi connectivity index (χ4n) is 2.79. The number of alkyl halides is 9. The monoisotopic (exact) mass is 402 g/mol. The van der Waals surface area contributed by atoms with Crippen molar-refractivity contribution in [3.8, 4) is 0 Å². The van der Waals surface area contributed by atoms with E-state index in [9.17, 15) is 39.5 Å². The number of rotatable bonds is 2. The summed E-state index contributed by atoms with van der Waals surface area (Å²) in [6.07, 6.45) is -17.3. The third-order valence-corrected chi connectivity index (χ3v) is 3.96. The van der Waals surface area contributed by atoms with Crippen LogP contribution < -0.4 is 11.5 Å². The number of hydrogen-bond acceptors (Lipinski definition) is 2. The third kappa shape index (κ3) is 3.37. The molecule has 0 fully saturated rings. The summed E-state index contributed by atoms with van der Waals surface area (Å²) in [7, 11) is 0. The van der Waals surface area contributed by atoms with Gasteiger partial charge in [-0.2, -0.15) is 39.5 Å². The highest BCUT2D eigenvalue weighted by Gasteiger charge is 2.72. The topological polar surface area (TPSA) is 52.0 Å². The van der Waals surface area contributed by atoms with Crippen LogP contribution in [0.2, 0.25) is 0 Å². The number of anilines is 2. The molecule has 11 heteroatoms. The Hall–Kier alpha value is -2.59. The number of halogens is 9. The average molecular weight is 402 g/mol. The highest BCUT2D eigenvalue weighted by Crippen LogP contribution is 2.57. The Morgan fingerprint density at radius 2 is 1.15 bits per heavy atom. The van der Waals surface area contributed by atoms with Gasteiger partial charge in [0.15, 0.2) is 0 Å². The maximum atomic E-state index is 13.8. The van der Waals surface area contributed by atoms with Crippen molar-refractivity contribution in [3.05, 3.63) is 59.2 Å². The lowest BCUT2D eigenvalue weighted by Crippen LogP contribution is -2.54. The largest absolute Gasteiger partial charge is 0.418 e. The molecule has 0 saturated carbocycles. The van der Waals surface area contributed by atoms with Gasteiger partial charge in [0.1, 0.15) is 0 Å². The molecule has 0 aliphatic rings. The van der Waals surface area contributed by atoms with Gasteiger partial charge in [0.05, 0.1) is 5.56 Å². The van der Waals surface area contributed by atoms with Crippen molar-refractivity contribution >= 4 is 11.4 Å². The SMILES string of the molecule is Nc1cccc(C(c2ccc(N)c(C(F)(F)F)c2)(C(F)(F)F)C(F)(F)F)c1. The minimum Gasteiger partial charge on any atom is -0.399 e. The molecule has 4 N–H and O–H groups in total. The molecule has 0 saturated heterocycles. The molecule has 2 aromatic carbocycles. The van der Waals surface area contributed by atoms with Crippen LogP contribution in [0.25, 0.3) is 0 Å². The molecular formula is C16H11F9N2. The molecule has 0 bridgehead atoms. The van der Waals surface area contributed by atoms with Gasteiger partial charge in [-0.25, -0.2) is 0 Å². The van der Waals surface area contributed by atoms with Crippen LogP contribution in [0.5, 0.6) is 0 Å². The van der Waals surface area contributed by atoms with Gasteiger partial charge in [0.2, 0.25) is 5.41 Å². The van der Waals surface area contributed by atoms with E-state index >= 15 is 0 Å². The smallest absolute Gasteiger partial charge is 0.399 e. The second-order valence-electron chi connectivity index (χ2n) is 5.67. The van der Waals surface area contributed by atoms with E-state index in [2.05, 4.69) is 0 Å². The number of benzene rings is 2. The number of nitrogens with two attached hydrogens (primary N) is 2. The van der Waals surface area contributed by atoms with Crippen LogP contribution in [0, 0.1) is 0 Å². The molecule has 27 heavy (non-hydrogen) atoms. The van der Waals surface area contributed by atoms with E-state index in [1.807, 2.05) is 0 Å². The summed E-state index contributed by atoms with van der Waals surface area (Å²) in [6.45, 7) is 0. The normalized spacial score (nSPS) is 13.7. The highest BCUT2D eigenvalue weighted by atomic mass is 19.4. The fourth-order valence-corrected chi connectivity index (χ4v) is 2.79. The quantitative estimate of drug-likeness (QED) is 0.531. The molecule has 0 aliphatic carbocycles. The molecule has 0 aromatic heterocycles. The zero-order chi connectivity index (χ0) is 20.8. The van der Waals surface area contributed by atoms with E-state index in [1.54, 1.807) is 0 Å². The predicted octanol–water partition coefficient (Wildman–Crippen LogP) is 5.28. The Balaban J connectivity index is 2.99. The summed E-state index contributed by atoms with van der Waals surface area (Å²) in [5.74, 6) is 0. The van der Waals surface area contributed by atoms with Gasteiger partial charge >= 0.3 is 18.5 Å². The van der Waals surface area contributed by atoms with Crippen LogP contribution in [0.15, 0.2) is 42.5 Å². The van der Waals surface area contributed by atoms with Gasteiger partial charge in [-0.1, -0.05) is 18.2 Å². The van der Waals surface area contributed by atoms with Gasteiger partial charge in [-0.3, -0.25) is 0 Å². The second kappa shape index (κ2) is 6.24. The van der Waals surface area contributed by atoms with E-state index < -0.39 is 52.0 Å². The van der Waals surface area contributed by atoms with E-state index in [0.717, 1.165) is 12.1 Å². The van der Waals surface area contributed by atoms with Crippen molar-refractivity contribution in [1.82, 2.24) is 0 Å². The number of hydrogen-bond donors (Lipinski definition) is 2. The zero-order valence-electron chi connectivity index (χ0n) is 13.1. The molecule has 0 atom stereocenters. The molecule has 0 amide bonds. The molecular weight excluding hydrogens is 391 g/mol. The third-order valence-electron chi connectivity index (χ3n) is 3.96. The molecule has 2 rings (SSSR count). The van der Waals surface area contributed by atoms with Gasteiger partial charge in [-0.15, -0.1) is 0 Å². The molecule has 0 heterocycles. The highest BCUT2D eigenvalue weighted by molar-refractivity contribution is 5.56. The summed E-state index contributed by atoms with van der Waals surface area (Å²) in [5.41, 5.74) is -0.586. The Kier molecular flexibility index (Phi) is 4.79. The lowest BCUT2D eigenvalue weighted by molar-refractivity contribution is -0.288. The summed E-state index contributed by atoms with van der Waals surface area (Å²) in [4.78, 5) is 0. The van der Waals surface area contributed by atoms with Crippen molar-refractivity contribution < 1.29 is 39.5 Å². The van der Waals surface area contributed by atoms with Crippen molar-refractivity contribution in [2.75, 3.05) is 11.5 Å². The van der Waals surface area contributed by atoms with Crippen LogP contribution in [0.3, 0.4) is 0 Å². The summed E-state index contributed by atoms with van der Waals surface area (Å²) < 4.78 is 122. The summed E-state index contributed by atoms with van der Waals surface area (Å²) >= 11 is 0. The van der Waals surface area contributed by atoms with Gasteiger partial charge in [0, 0.05) is 11.4 Å². The zero-order valence-corrected chi connectivity index (χ0v) is 13.1. The van der Waals surface area contributed by atoms with Gasteiger partial charge in [-0.05, 0) is 35.4 Å². The molecule has 0 spiro atoms. The maximum Gasteiger partial charge on any atom is 0.418 e. The minimum absolute atomic E-state index is 0.237. The first-order valence-electron chi connectivity index (χ1n) is 7.09. The maximum absolute atomic E-state index is 13.8. The average Bonchev–Trinajstić information content (AvgIpc) is 2.45. The Bertz CT molecular complexity index is 821. The summed E-state index contributed by atoms with van der Waals surface area (Å²) in [6, 6.07) is 3.21. The summed E-state index contributed by atoms with van der Waals surface area (Å²) in [5, 5.41) is 0. The van der Waals surface area contributed by atoms with Crippen molar-refractivity contribution in [2.45, 2.75) is 23.9 Å². The first-order valence-corrected chi connectivity index (χ1v) is 7.09. The first kappa shape index (κ1) is 20.7. The van der Waals surface area contributed by atoms with E-state index in [-0.39, 0.29) is 12.1 Å². The minimum atomic E-state index is -6.03. The van der Waals surface area contributed by atoms with Crippen LogP contribution >= 0.6 is 0 Å². The lowest BCUT2D eigenvalue weighted by Gasteiger charge is -2.38. The molecule has 2 nitrogen and oxygen atoms in total. The fraction of sp³-hybridized carbons (Fsp3) is 0.250. The van der Waals surface area contributed by atoms with Gasteiger partial charge < -0.3 is 11.5 Å². The number of nitrogen functional groups attached to an aromatic ring is 2. The molecule has 2 aromatic rings. The van der Waals surface area contributed by atoms with Crippen LogP contribution in [0.4, 0.5) is 50.9 Å². The second-order valence-corrected chi connectivity index (χ2v) is 5.67. The molecule has 0 aliphatic heterocycles. The van der Waals surface area contributed by atoms with Gasteiger partial charge in [0.25, 0.3) is 0 Å². The standard InChI is InChI=1S/C16H11F9N2/c17-14(18,19)11-7-9(4-5-12(11)27)13(15(20,21)22,16(23,24)25)8-2-1-3-10(26)6-8/h1-7H,26-27H2. The van der Waals surface area contributed by atoms with Crippen molar-refractivity contribution in [2.24, 2.45) is 0 Å². The Morgan fingerprint density at radius 3 is 1.59 bits per heavy atom.